The van der Waals surface area contributed by atoms with Crippen LogP contribution in [-0.4, -0.2) is 37.5 Å². The Morgan fingerprint density at radius 2 is 2.00 bits per heavy atom. The molecule has 1 atom stereocenters. The lowest BCUT2D eigenvalue weighted by molar-refractivity contribution is -0.123. The Hall–Kier alpha value is -2.71. The molecule has 1 aromatic carbocycles. The van der Waals surface area contributed by atoms with Crippen molar-refractivity contribution < 1.29 is 4.79 Å². The minimum absolute atomic E-state index is 0. The summed E-state index contributed by atoms with van der Waals surface area (Å²) in [4.78, 5) is 16.3. The van der Waals surface area contributed by atoms with Crippen LogP contribution in [0, 0.1) is 0 Å². The van der Waals surface area contributed by atoms with Crippen molar-refractivity contribution in [3.63, 3.8) is 0 Å². The molecule has 0 saturated carbocycles. The molecule has 1 amide bonds. The number of aryl methyl sites for hydroxylation is 1. The fourth-order valence-electron chi connectivity index (χ4n) is 2.44. The van der Waals surface area contributed by atoms with Gasteiger partial charge in [-0.15, -0.1) is 12.4 Å². The van der Waals surface area contributed by atoms with Crippen LogP contribution in [0.2, 0.25) is 0 Å². The number of halogens is 1. The Morgan fingerprint density at radius 3 is 2.56 bits per heavy atom. The van der Waals surface area contributed by atoms with Crippen LogP contribution in [0.3, 0.4) is 0 Å². The third kappa shape index (κ3) is 4.43. The third-order valence-corrected chi connectivity index (χ3v) is 3.70. The van der Waals surface area contributed by atoms with Gasteiger partial charge in [0.2, 0.25) is 5.91 Å². The van der Waals surface area contributed by atoms with Gasteiger partial charge in [0.15, 0.2) is 0 Å². The summed E-state index contributed by atoms with van der Waals surface area (Å²) in [5.74, 6) is -0.0918. The fourth-order valence-corrected chi connectivity index (χ4v) is 2.44. The molecular formula is C16H20ClN7O. The summed E-state index contributed by atoms with van der Waals surface area (Å²) in [7, 11) is 3.58. The highest BCUT2D eigenvalue weighted by Gasteiger charge is 2.19. The average Bonchev–Trinajstić information content (AvgIpc) is 3.26. The van der Waals surface area contributed by atoms with Crippen LogP contribution < -0.4 is 10.6 Å². The van der Waals surface area contributed by atoms with Crippen LogP contribution in [-0.2, 0) is 18.4 Å². The Bertz CT molecular complexity index is 798. The molecule has 2 N–H and O–H groups in total. The van der Waals surface area contributed by atoms with E-state index in [4.69, 9.17) is 0 Å². The monoisotopic (exact) mass is 361 g/mol. The normalized spacial score (nSPS) is 11.6. The van der Waals surface area contributed by atoms with Crippen molar-refractivity contribution in [3.05, 3.63) is 60.4 Å². The van der Waals surface area contributed by atoms with Crippen LogP contribution in [0.25, 0.3) is 5.69 Å². The maximum absolute atomic E-state index is 12.4. The largest absolute Gasteiger partial charge is 0.350 e. The lowest BCUT2D eigenvalue weighted by atomic mass is 10.1. The van der Waals surface area contributed by atoms with Crippen molar-refractivity contribution in [3.8, 4) is 5.69 Å². The molecule has 3 aromatic rings. The van der Waals surface area contributed by atoms with Gasteiger partial charge in [0, 0.05) is 25.4 Å². The van der Waals surface area contributed by atoms with Gasteiger partial charge in [-0.1, -0.05) is 12.1 Å². The molecule has 0 spiro atoms. The van der Waals surface area contributed by atoms with E-state index in [-0.39, 0.29) is 18.3 Å². The number of hydrogen-bond acceptors (Lipinski definition) is 5. The van der Waals surface area contributed by atoms with Crippen molar-refractivity contribution >= 4 is 18.3 Å². The number of carbonyl (C=O) groups is 1. The number of nitrogens with one attached hydrogen (secondary N) is 2. The van der Waals surface area contributed by atoms with Crippen LogP contribution >= 0.6 is 12.4 Å². The highest BCUT2D eigenvalue weighted by molar-refractivity contribution is 5.85. The molecule has 132 valence electrons. The summed E-state index contributed by atoms with van der Waals surface area (Å²) >= 11 is 0. The van der Waals surface area contributed by atoms with Gasteiger partial charge < -0.3 is 10.6 Å². The number of carbonyl (C=O) groups excluding carboxylic acids is 1. The summed E-state index contributed by atoms with van der Waals surface area (Å²) in [5, 5.41) is 14.1. The van der Waals surface area contributed by atoms with Crippen molar-refractivity contribution in [2.75, 3.05) is 7.05 Å². The standard InChI is InChI=1S/C16H19N7O.ClH/c1-17-15(13-8-20-22(2)9-13)16(24)19-7-12-3-5-14(6-4-12)23-11-18-10-21-23;/h3-6,8-11,15,17H,7H2,1-2H3,(H,19,24);1H. The van der Waals surface area contributed by atoms with E-state index in [2.05, 4.69) is 25.8 Å². The van der Waals surface area contributed by atoms with Crippen molar-refractivity contribution in [2.45, 2.75) is 12.6 Å². The van der Waals surface area contributed by atoms with Crippen LogP contribution in [0.1, 0.15) is 17.2 Å². The van der Waals surface area contributed by atoms with Gasteiger partial charge in [0.25, 0.3) is 0 Å². The van der Waals surface area contributed by atoms with Gasteiger partial charge in [0.05, 0.1) is 11.9 Å². The molecular weight excluding hydrogens is 342 g/mol. The lowest BCUT2D eigenvalue weighted by Gasteiger charge is -2.14. The molecule has 0 bridgehead atoms. The number of hydrogen-bond donors (Lipinski definition) is 2. The minimum Gasteiger partial charge on any atom is -0.350 e. The quantitative estimate of drug-likeness (QED) is 0.683. The van der Waals surface area contributed by atoms with E-state index in [9.17, 15) is 4.79 Å². The number of rotatable bonds is 6. The van der Waals surface area contributed by atoms with Crippen molar-refractivity contribution in [2.24, 2.45) is 7.05 Å². The first-order valence-corrected chi connectivity index (χ1v) is 7.55. The summed E-state index contributed by atoms with van der Waals surface area (Å²) < 4.78 is 3.36. The second-order valence-corrected chi connectivity index (χ2v) is 5.39. The van der Waals surface area contributed by atoms with E-state index in [0.29, 0.717) is 6.54 Å². The summed E-state index contributed by atoms with van der Waals surface area (Å²) in [5.41, 5.74) is 2.76. The SMILES string of the molecule is CNC(C(=O)NCc1ccc(-n2cncn2)cc1)c1cnn(C)c1.Cl. The molecule has 0 aliphatic carbocycles. The minimum atomic E-state index is -0.423. The van der Waals surface area contributed by atoms with Gasteiger partial charge in [-0.3, -0.25) is 9.48 Å². The number of amides is 1. The Kier molecular flexibility index (Phi) is 6.26. The van der Waals surface area contributed by atoms with E-state index < -0.39 is 6.04 Å². The van der Waals surface area contributed by atoms with E-state index in [1.54, 1.807) is 28.9 Å². The zero-order valence-corrected chi connectivity index (χ0v) is 14.8. The molecule has 3 rings (SSSR count). The highest BCUT2D eigenvalue weighted by atomic mass is 35.5. The molecule has 2 aromatic heterocycles. The first-order valence-electron chi connectivity index (χ1n) is 7.55. The molecule has 0 aliphatic rings. The van der Waals surface area contributed by atoms with Crippen LogP contribution in [0.15, 0.2) is 49.3 Å². The molecule has 0 saturated heterocycles. The smallest absolute Gasteiger partial charge is 0.242 e. The predicted molar refractivity (Wildman–Crippen MR) is 95.5 cm³/mol. The molecule has 0 fully saturated rings. The summed E-state index contributed by atoms with van der Waals surface area (Å²) in [6.45, 7) is 0.453. The van der Waals surface area contributed by atoms with Crippen LogP contribution in [0.4, 0.5) is 0 Å². The second-order valence-electron chi connectivity index (χ2n) is 5.39. The van der Waals surface area contributed by atoms with Gasteiger partial charge in [-0.05, 0) is 24.7 Å². The van der Waals surface area contributed by atoms with Gasteiger partial charge >= 0.3 is 0 Å². The Labute approximate surface area is 151 Å². The van der Waals surface area contributed by atoms with Crippen molar-refractivity contribution in [1.29, 1.82) is 0 Å². The first-order chi connectivity index (χ1) is 11.7. The first kappa shape index (κ1) is 18.6. The predicted octanol–water partition coefficient (Wildman–Crippen LogP) is 0.999. The number of aromatic nitrogens is 5. The number of nitrogens with zero attached hydrogens (tertiary/aromatic N) is 5. The molecule has 9 heteroatoms. The van der Waals surface area contributed by atoms with E-state index in [0.717, 1.165) is 16.8 Å². The molecule has 1 unspecified atom stereocenters. The maximum atomic E-state index is 12.4. The molecule has 0 radical (unpaired) electrons. The Morgan fingerprint density at radius 1 is 1.24 bits per heavy atom. The topological polar surface area (TPSA) is 89.7 Å². The number of benzene rings is 1. The fraction of sp³-hybridized carbons (Fsp3) is 0.250. The molecule has 8 nitrogen and oxygen atoms in total. The van der Waals surface area contributed by atoms with Crippen LogP contribution in [0.5, 0.6) is 0 Å². The maximum Gasteiger partial charge on any atom is 0.242 e. The average molecular weight is 362 g/mol. The van der Waals surface area contributed by atoms with E-state index >= 15 is 0 Å². The molecule has 2 heterocycles. The number of likely N-dealkylation sites (N-methyl/N-ethyl adjacent to an activating group) is 1. The zero-order chi connectivity index (χ0) is 16.9. The second kappa shape index (κ2) is 8.41. The summed E-state index contributed by atoms with van der Waals surface area (Å²) in [6.07, 6.45) is 6.65. The molecule has 0 aliphatic heterocycles. The third-order valence-electron chi connectivity index (χ3n) is 3.70. The lowest BCUT2D eigenvalue weighted by Crippen LogP contribution is -2.35. The van der Waals surface area contributed by atoms with E-state index in [1.165, 1.54) is 6.33 Å². The van der Waals surface area contributed by atoms with Gasteiger partial charge in [-0.2, -0.15) is 10.2 Å². The van der Waals surface area contributed by atoms with Crippen molar-refractivity contribution in [1.82, 2.24) is 35.2 Å². The van der Waals surface area contributed by atoms with Gasteiger partial charge in [-0.25, -0.2) is 9.67 Å². The molecule has 25 heavy (non-hydrogen) atoms. The van der Waals surface area contributed by atoms with E-state index in [1.807, 2.05) is 37.5 Å². The Balaban J connectivity index is 0.00000225. The van der Waals surface area contributed by atoms with Gasteiger partial charge in [0.1, 0.15) is 18.7 Å². The summed E-state index contributed by atoms with van der Waals surface area (Å²) in [6, 6.07) is 7.36. The zero-order valence-electron chi connectivity index (χ0n) is 14.0. The highest BCUT2D eigenvalue weighted by Crippen LogP contribution is 2.12.